The van der Waals surface area contributed by atoms with Crippen molar-refractivity contribution in [2.45, 2.75) is 52.0 Å². The van der Waals surface area contributed by atoms with E-state index >= 15 is 0 Å². The van der Waals surface area contributed by atoms with Crippen LogP contribution >= 0.6 is 11.6 Å². The minimum Gasteiger partial charge on any atom is -0.275 e. The first-order valence-electron chi connectivity index (χ1n) is 7.30. The van der Waals surface area contributed by atoms with Gasteiger partial charge in [0.2, 0.25) is 0 Å². The molecule has 0 saturated heterocycles. The molecule has 2 aromatic rings. The Labute approximate surface area is 125 Å². The van der Waals surface area contributed by atoms with Crippen LogP contribution in [0.15, 0.2) is 12.4 Å². The Morgan fingerprint density at radius 1 is 1.25 bits per heavy atom. The number of hydrogen-bond donors (Lipinski definition) is 0. The van der Waals surface area contributed by atoms with Crippen LogP contribution in [-0.2, 0) is 26.4 Å². The van der Waals surface area contributed by atoms with Crippen LogP contribution in [0.3, 0.4) is 0 Å². The third-order valence-electron chi connectivity index (χ3n) is 3.61. The second-order valence-corrected chi connectivity index (χ2v) is 5.60. The number of rotatable bonds is 6. The number of nitrogens with zero attached hydrogens (tertiary/aromatic N) is 4. The van der Waals surface area contributed by atoms with Gasteiger partial charge in [-0.3, -0.25) is 9.36 Å². The van der Waals surface area contributed by atoms with Crippen molar-refractivity contribution in [1.82, 2.24) is 19.6 Å². The largest absolute Gasteiger partial charge is 0.275 e. The zero-order valence-corrected chi connectivity index (χ0v) is 13.5. The van der Waals surface area contributed by atoms with E-state index in [1.54, 1.807) is 0 Å². The van der Waals surface area contributed by atoms with E-state index in [1.807, 2.05) is 24.1 Å². The van der Waals surface area contributed by atoms with Crippen molar-refractivity contribution < 1.29 is 0 Å². The summed E-state index contributed by atoms with van der Waals surface area (Å²) in [4.78, 5) is 0. The third kappa shape index (κ3) is 2.90. The van der Waals surface area contributed by atoms with E-state index in [0.29, 0.717) is 0 Å². The molecular weight excluding hydrogens is 272 g/mol. The maximum Gasteiger partial charge on any atom is 0.0693 e. The summed E-state index contributed by atoms with van der Waals surface area (Å²) in [6.45, 7) is 7.18. The van der Waals surface area contributed by atoms with Gasteiger partial charge >= 0.3 is 0 Å². The van der Waals surface area contributed by atoms with Crippen molar-refractivity contribution >= 4 is 11.6 Å². The minimum absolute atomic E-state index is 0.0579. The minimum atomic E-state index is 0.0579. The van der Waals surface area contributed by atoms with E-state index in [1.165, 1.54) is 16.8 Å². The zero-order chi connectivity index (χ0) is 14.7. The van der Waals surface area contributed by atoms with Crippen LogP contribution in [0.4, 0.5) is 0 Å². The molecule has 0 fully saturated rings. The molecule has 1 unspecified atom stereocenters. The van der Waals surface area contributed by atoms with Gasteiger partial charge in [-0.1, -0.05) is 20.8 Å². The summed E-state index contributed by atoms with van der Waals surface area (Å²) in [6, 6.07) is 0. The molecule has 0 aromatic carbocycles. The fourth-order valence-corrected chi connectivity index (χ4v) is 2.87. The SMILES string of the molecule is CCc1nn(Cc2cnn(C)c2)c(CC)c1C(Cl)CC. The topological polar surface area (TPSA) is 35.6 Å². The molecule has 0 bridgehead atoms. The lowest BCUT2D eigenvalue weighted by atomic mass is 10.0. The maximum absolute atomic E-state index is 6.51. The number of hydrogen-bond acceptors (Lipinski definition) is 2. The molecule has 0 N–H and O–H groups in total. The fraction of sp³-hybridized carbons (Fsp3) is 0.600. The lowest BCUT2D eigenvalue weighted by molar-refractivity contribution is 0.638. The summed E-state index contributed by atoms with van der Waals surface area (Å²) in [5.41, 5.74) is 4.80. The van der Waals surface area contributed by atoms with Crippen molar-refractivity contribution in [3.63, 3.8) is 0 Å². The van der Waals surface area contributed by atoms with E-state index in [9.17, 15) is 0 Å². The first-order valence-corrected chi connectivity index (χ1v) is 7.74. The smallest absolute Gasteiger partial charge is 0.0693 e. The van der Waals surface area contributed by atoms with Gasteiger partial charge in [-0.15, -0.1) is 11.6 Å². The van der Waals surface area contributed by atoms with Gasteiger partial charge in [-0.2, -0.15) is 10.2 Å². The maximum atomic E-state index is 6.51. The highest BCUT2D eigenvalue weighted by Crippen LogP contribution is 2.31. The van der Waals surface area contributed by atoms with Crippen LogP contribution in [-0.4, -0.2) is 19.6 Å². The molecular formula is C15H23ClN4. The van der Waals surface area contributed by atoms with Crippen LogP contribution in [0.2, 0.25) is 0 Å². The summed E-state index contributed by atoms with van der Waals surface area (Å²) in [5, 5.41) is 9.04. The molecule has 5 heteroatoms. The second kappa shape index (κ2) is 6.44. The van der Waals surface area contributed by atoms with Gasteiger partial charge in [0.25, 0.3) is 0 Å². The average molecular weight is 295 g/mol. The monoisotopic (exact) mass is 294 g/mol. The molecule has 0 amide bonds. The first-order chi connectivity index (χ1) is 9.60. The molecule has 0 aliphatic heterocycles. The van der Waals surface area contributed by atoms with Crippen molar-refractivity contribution in [3.05, 3.63) is 34.9 Å². The number of halogens is 1. The van der Waals surface area contributed by atoms with Crippen molar-refractivity contribution in [3.8, 4) is 0 Å². The predicted octanol–water partition coefficient (Wildman–Crippen LogP) is 3.48. The van der Waals surface area contributed by atoms with Gasteiger partial charge in [0, 0.05) is 30.1 Å². The molecule has 2 heterocycles. The Balaban J connectivity index is 2.40. The van der Waals surface area contributed by atoms with E-state index in [0.717, 1.165) is 31.5 Å². The van der Waals surface area contributed by atoms with Gasteiger partial charge in [0.15, 0.2) is 0 Å². The number of aromatic nitrogens is 4. The van der Waals surface area contributed by atoms with Crippen molar-refractivity contribution in [2.24, 2.45) is 7.05 Å². The summed E-state index contributed by atoms with van der Waals surface area (Å²) in [6.07, 6.45) is 6.73. The Kier molecular flexibility index (Phi) is 4.86. The van der Waals surface area contributed by atoms with Crippen LogP contribution in [0.25, 0.3) is 0 Å². The predicted molar refractivity (Wildman–Crippen MR) is 82.2 cm³/mol. The Morgan fingerprint density at radius 2 is 2.00 bits per heavy atom. The third-order valence-corrected chi connectivity index (χ3v) is 4.13. The molecule has 20 heavy (non-hydrogen) atoms. The molecule has 0 aliphatic carbocycles. The molecule has 2 rings (SSSR count). The molecule has 0 radical (unpaired) electrons. The van der Waals surface area contributed by atoms with Crippen LogP contribution in [0, 0.1) is 0 Å². The number of aryl methyl sites for hydroxylation is 2. The van der Waals surface area contributed by atoms with E-state index < -0.39 is 0 Å². The quantitative estimate of drug-likeness (QED) is 0.765. The number of alkyl halides is 1. The lowest BCUT2D eigenvalue weighted by Gasteiger charge is -2.10. The molecule has 110 valence electrons. The average Bonchev–Trinajstić information content (AvgIpc) is 3.01. The fourth-order valence-electron chi connectivity index (χ4n) is 2.62. The molecule has 2 aromatic heterocycles. The normalized spacial score (nSPS) is 12.8. The highest BCUT2D eigenvalue weighted by Gasteiger charge is 2.21. The van der Waals surface area contributed by atoms with Gasteiger partial charge in [-0.05, 0) is 19.3 Å². The molecule has 0 aliphatic rings. The first kappa shape index (κ1) is 15.1. The summed E-state index contributed by atoms with van der Waals surface area (Å²) in [5.74, 6) is 0. The highest BCUT2D eigenvalue weighted by molar-refractivity contribution is 6.21. The Morgan fingerprint density at radius 3 is 2.50 bits per heavy atom. The summed E-state index contributed by atoms with van der Waals surface area (Å²) >= 11 is 6.51. The van der Waals surface area contributed by atoms with Gasteiger partial charge < -0.3 is 0 Å². The van der Waals surface area contributed by atoms with E-state index in [4.69, 9.17) is 16.7 Å². The van der Waals surface area contributed by atoms with Crippen LogP contribution in [0.1, 0.15) is 55.1 Å². The van der Waals surface area contributed by atoms with Gasteiger partial charge in [0.05, 0.1) is 23.8 Å². The van der Waals surface area contributed by atoms with Crippen LogP contribution in [0.5, 0.6) is 0 Å². The van der Waals surface area contributed by atoms with E-state index in [2.05, 4.69) is 30.6 Å². The van der Waals surface area contributed by atoms with Crippen molar-refractivity contribution in [2.75, 3.05) is 0 Å². The standard InChI is InChI=1S/C15H23ClN4/c1-5-12(16)15-13(6-2)18-20(14(15)7-3)10-11-8-17-19(4)9-11/h8-9,12H,5-7,10H2,1-4H3. The highest BCUT2D eigenvalue weighted by atomic mass is 35.5. The van der Waals surface area contributed by atoms with Gasteiger partial charge in [0.1, 0.15) is 0 Å². The molecule has 0 spiro atoms. The molecule has 4 nitrogen and oxygen atoms in total. The molecule has 1 atom stereocenters. The Hall–Kier alpha value is -1.29. The zero-order valence-electron chi connectivity index (χ0n) is 12.7. The summed E-state index contributed by atoms with van der Waals surface area (Å²) in [7, 11) is 1.93. The Bertz CT molecular complexity index is 570. The second-order valence-electron chi connectivity index (χ2n) is 5.07. The van der Waals surface area contributed by atoms with Crippen molar-refractivity contribution in [1.29, 1.82) is 0 Å². The van der Waals surface area contributed by atoms with E-state index in [-0.39, 0.29) is 5.38 Å². The van der Waals surface area contributed by atoms with Crippen LogP contribution < -0.4 is 0 Å². The molecule has 0 saturated carbocycles. The lowest BCUT2D eigenvalue weighted by Crippen LogP contribution is -2.06. The van der Waals surface area contributed by atoms with Gasteiger partial charge in [-0.25, -0.2) is 0 Å². The summed E-state index contributed by atoms with van der Waals surface area (Å²) < 4.78 is 3.92.